The molecule has 0 heterocycles. The number of rotatable bonds is 30. The van der Waals surface area contributed by atoms with Gasteiger partial charge in [0, 0.05) is 13.2 Å². The van der Waals surface area contributed by atoms with Crippen molar-refractivity contribution in [1.82, 2.24) is 0 Å². The topological polar surface area (TPSA) is 18.5 Å². The molecule has 0 amide bonds. The van der Waals surface area contributed by atoms with Gasteiger partial charge in [-0.1, -0.05) is 169 Å². The first-order valence-corrected chi connectivity index (χ1v) is 18.8. The minimum absolute atomic E-state index is 0.945. The highest BCUT2D eigenvalue weighted by molar-refractivity contribution is 6.67. The van der Waals surface area contributed by atoms with Gasteiger partial charge in [-0.3, -0.25) is 0 Å². The van der Waals surface area contributed by atoms with Crippen LogP contribution in [0.2, 0.25) is 12.1 Å². The third kappa shape index (κ3) is 24.2. The van der Waals surface area contributed by atoms with E-state index in [-0.39, 0.29) is 0 Å². The van der Waals surface area contributed by atoms with Gasteiger partial charge in [0.1, 0.15) is 0 Å². The smallest absolute Gasteiger partial charge is 0.338 e. The van der Waals surface area contributed by atoms with Gasteiger partial charge in [-0.05, 0) is 24.9 Å². The van der Waals surface area contributed by atoms with Crippen LogP contribution in [0.25, 0.3) is 0 Å². The molecule has 0 fully saturated rings. The Labute approximate surface area is 224 Å². The van der Waals surface area contributed by atoms with Crippen molar-refractivity contribution in [3.05, 3.63) is 0 Å². The Morgan fingerprint density at radius 1 is 0.314 bits per heavy atom. The lowest BCUT2D eigenvalue weighted by Gasteiger charge is -2.31. The van der Waals surface area contributed by atoms with E-state index < -0.39 is 8.56 Å². The molecule has 0 aromatic rings. The van der Waals surface area contributed by atoms with Gasteiger partial charge < -0.3 is 8.85 Å². The molecule has 0 saturated carbocycles. The SMILES string of the molecule is CCCCCCCCO[Si](CCCCCCCC)(CCCCCCCC)OCCCCCCCC. The second-order valence-electron chi connectivity index (χ2n) is 11.2. The molecule has 0 aromatic carbocycles. The second kappa shape index (κ2) is 28.7. The molecular weight excluding hydrogens is 444 g/mol. The van der Waals surface area contributed by atoms with Crippen molar-refractivity contribution in [2.45, 2.75) is 194 Å². The summed E-state index contributed by atoms with van der Waals surface area (Å²) in [7, 11) is -2.08. The molecule has 0 saturated heterocycles. The summed E-state index contributed by atoms with van der Waals surface area (Å²) in [6.45, 7) is 11.1. The van der Waals surface area contributed by atoms with E-state index in [1.165, 1.54) is 166 Å². The fourth-order valence-electron chi connectivity index (χ4n) is 5.09. The lowest BCUT2D eigenvalue weighted by molar-refractivity contribution is 0.159. The predicted octanol–water partition coefficient (Wildman–Crippen LogP) is 11.9. The van der Waals surface area contributed by atoms with E-state index in [0.717, 1.165) is 13.2 Å². The summed E-state index contributed by atoms with van der Waals surface area (Å²) in [4.78, 5) is 0. The second-order valence-corrected chi connectivity index (χ2v) is 14.6. The molecule has 0 atom stereocenters. The standard InChI is InChI=1S/C32H68O2Si/c1-5-9-13-17-21-25-29-33-35(31-27-23-19-15-11-7-3,32-28-24-20-16-12-8-4)34-30-26-22-18-14-10-6-2/h5-32H2,1-4H3. The summed E-state index contributed by atoms with van der Waals surface area (Å²) in [5.41, 5.74) is 0. The minimum atomic E-state index is -2.08. The van der Waals surface area contributed by atoms with Crippen molar-refractivity contribution >= 4 is 8.56 Å². The Morgan fingerprint density at radius 3 is 0.886 bits per heavy atom. The van der Waals surface area contributed by atoms with Crippen molar-refractivity contribution in [2.24, 2.45) is 0 Å². The molecule has 0 rings (SSSR count). The minimum Gasteiger partial charge on any atom is -0.394 e. The maximum absolute atomic E-state index is 6.85. The molecular formula is C32H68O2Si. The molecule has 0 radical (unpaired) electrons. The van der Waals surface area contributed by atoms with E-state index in [0.29, 0.717) is 0 Å². The number of unbranched alkanes of at least 4 members (excludes halogenated alkanes) is 20. The maximum atomic E-state index is 6.85. The fourth-order valence-corrected chi connectivity index (χ4v) is 8.61. The van der Waals surface area contributed by atoms with Crippen molar-refractivity contribution in [3.63, 3.8) is 0 Å². The highest BCUT2D eigenvalue weighted by atomic mass is 28.4. The third-order valence-electron chi connectivity index (χ3n) is 7.55. The van der Waals surface area contributed by atoms with Crippen molar-refractivity contribution in [2.75, 3.05) is 13.2 Å². The lowest BCUT2D eigenvalue weighted by atomic mass is 10.1. The molecule has 0 bridgehead atoms. The Morgan fingerprint density at radius 2 is 0.571 bits per heavy atom. The number of hydrogen-bond acceptors (Lipinski definition) is 2. The first-order chi connectivity index (χ1) is 17.2. The summed E-state index contributed by atoms with van der Waals surface area (Å²) in [5, 5.41) is 0. The average Bonchev–Trinajstić information content (AvgIpc) is 2.87. The molecule has 3 heteroatoms. The van der Waals surface area contributed by atoms with Crippen LogP contribution >= 0.6 is 0 Å². The van der Waals surface area contributed by atoms with Gasteiger partial charge in [0.25, 0.3) is 0 Å². The van der Waals surface area contributed by atoms with E-state index in [4.69, 9.17) is 8.85 Å². The van der Waals surface area contributed by atoms with E-state index >= 15 is 0 Å². The average molecular weight is 513 g/mol. The molecule has 0 N–H and O–H groups in total. The maximum Gasteiger partial charge on any atom is 0.338 e. The normalized spacial score (nSPS) is 12.0. The Bertz CT molecular complexity index is 352. The van der Waals surface area contributed by atoms with E-state index in [1.807, 2.05) is 0 Å². The zero-order chi connectivity index (χ0) is 25.7. The molecule has 0 spiro atoms. The molecule has 0 aliphatic carbocycles. The molecule has 0 unspecified atom stereocenters. The molecule has 0 aliphatic rings. The summed E-state index contributed by atoms with van der Waals surface area (Å²) in [6, 6.07) is 2.47. The molecule has 0 aliphatic heterocycles. The Hall–Kier alpha value is 0.137. The van der Waals surface area contributed by atoms with Crippen molar-refractivity contribution in [3.8, 4) is 0 Å². The van der Waals surface area contributed by atoms with Gasteiger partial charge in [-0.2, -0.15) is 0 Å². The highest BCUT2D eigenvalue weighted by Crippen LogP contribution is 2.27. The van der Waals surface area contributed by atoms with Gasteiger partial charge in [0.2, 0.25) is 0 Å². The van der Waals surface area contributed by atoms with Crippen molar-refractivity contribution in [1.29, 1.82) is 0 Å². The van der Waals surface area contributed by atoms with Gasteiger partial charge in [0.05, 0.1) is 0 Å². The summed E-state index contributed by atoms with van der Waals surface area (Å²) in [6.07, 6.45) is 32.5. The summed E-state index contributed by atoms with van der Waals surface area (Å²) >= 11 is 0. The van der Waals surface area contributed by atoms with Crippen molar-refractivity contribution < 1.29 is 8.85 Å². The summed E-state index contributed by atoms with van der Waals surface area (Å²) in [5.74, 6) is 0. The first-order valence-electron chi connectivity index (χ1n) is 16.5. The molecule has 0 aromatic heterocycles. The van der Waals surface area contributed by atoms with Gasteiger partial charge in [-0.25, -0.2) is 0 Å². The van der Waals surface area contributed by atoms with E-state index in [1.54, 1.807) is 0 Å². The van der Waals surface area contributed by atoms with Crippen LogP contribution in [0, 0.1) is 0 Å². The van der Waals surface area contributed by atoms with E-state index in [9.17, 15) is 0 Å². The van der Waals surface area contributed by atoms with Gasteiger partial charge in [0.15, 0.2) is 0 Å². The van der Waals surface area contributed by atoms with E-state index in [2.05, 4.69) is 27.7 Å². The zero-order valence-electron chi connectivity index (χ0n) is 25.1. The van der Waals surface area contributed by atoms with Crippen LogP contribution in [0.1, 0.15) is 182 Å². The molecule has 35 heavy (non-hydrogen) atoms. The van der Waals surface area contributed by atoms with Gasteiger partial charge in [-0.15, -0.1) is 0 Å². The third-order valence-corrected chi connectivity index (χ3v) is 11.2. The van der Waals surface area contributed by atoms with Crippen LogP contribution in [-0.4, -0.2) is 21.8 Å². The Kier molecular flexibility index (Phi) is 28.8. The largest absolute Gasteiger partial charge is 0.394 e. The van der Waals surface area contributed by atoms with Crippen LogP contribution in [0.15, 0.2) is 0 Å². The van der Waals surface area contributed by atoms with Gasteiger partial charge >= 0.3 is 8.56 Å². The van der Waals surface area contributed by atoms with Crippen LogP contribution < -0.4 is 0 Å². The monoisotopic (exact) mass is 512 g/mol. The highest BCUT2D eigenvalue weighted by Gasteiger charge is 2.36. The van der Waals surface area contributed by atoms with Crippen LogP contribution in [0.5, 0.6) is 0 Å². The van der Waals surface area contributed by atoms with Crippen LogP contribution in [-0.2, 0) is 8.85 Å². The zero-order valence-corrected chi connectivity index (χ0v) is 26.1. The predicted molar refractivity (Wildman–Crippen MR) is 161 cm³/mol. The first kappa shape index (κ1) is 35.1. The lowest BCUT2D eigenvalue weighted by Crippen LogP contribution is -2.42. The fraction of sp³-hybridized carbons (Fsp3) is 1.00. The molecule has 2 nitrogen and oxygen atoms in total. The quantitative estimate of drug-likeness (QED) is 0.0703. The molecule has 212 valence electrons. The number of hydrogen-bond donors (Lipinski definition) is 0. The van der Waals surface area contributed by atoms with Crippen LogP contribution in [0.3, 0.4) is 0 Å². The van der Waals surface area contributed by atoms with Crippen LogP contribution in [0.4, 0.5) is 0 Å². The Balaban J connectivity index is 4.75. The summed E-state index contributed by atoms with van der Waals surface area (Å²) < 4.78 is 13.7.